The maximum Gasteiger partial charge on any atom is 0.239 e. The third kappa shape index (κ3) is 4.37. The Bertz CT molecular complexity index is 602. The summed E-state index contributed by atoms with van der Waals surface area (Å²) in [6, 6.07) is 3.69. The molecule has 25 heavy (non-hydrogen) atoms. The van der Waals surface area contributed by atoms with E-state index in [0.717, 1.165) is 57.4 Å². The van der Waals surface area contributed by atoms with Crippen molar-refractivity contribution >= 4 is 17.6 Å². The molecule has 2 fully saturated rings. The SMILES string of the molecule is Cc1ccc(NC(=O)C2CCN(C(C)C(=O)N3CCCC3)CC2)nc1. The maximum atomic E-state index is 12.5. The molecule has 1 unspecified atom stereocenters. The summed E-state index contributed by atoms with van der Waals surface area (Å²) in [5.74, 6) is 0.878. The molecule has 1 atom stereocenters. The van der Waals surface area contributed by atoms with Gasteiger partial charge in [-0.2, -0.15) is 0 Å². The minimum atomic E-state index is -0.0825. The molecule has 6 nitrogen and oxygen atoms in total. The van der Waals surface area contributed by atoms with Gasteiger partial charge in [0.05, 0.1) is 6.04 Å². The van der Waals surface area contributed by atoms with Crippen molar-refractivity contribution in [3.63, 3.8) is 0 Å². The number of rotatable bonds is 4. The average Bonchev–Trinajstić information content (AvgIpc) is 3.17. The van der Waals surface area contributed by atoms with Crippen LogP contribution in [0.25, 0.3) is 0 Å². The molecule has 0 radical (unpaired) electrons. The van der Waals surface area contributed by atoms with E-state index in [4.69, 9.17) is 0 Å². The second-order valence-corrected chi connectivity index (χ2v) is 7.23. The molecule has 2 aliphatic rings. The minimum Gasteiger partial charge on any atom is -0.341 e. The van der Waals surface area contributed by atoms with E-state index in [-0.39, 0.29) is 23.8 Å². The monoisotopic (exact) mass is 344 g/mol. The van der Waals surface area contributed by atoms with Gasteiger partial charge in [0, 0.05) is 25.2 Å². The van der Waals surface area contributed by atoms with Gasteiger partial charge in [-0.3, -0.25) is 14.5 Å². The van der Waals surface area contributed by atoms with Gasteiger partial charge in [-0.25, -0.2) is 4.98 Å². The minimum absolute atomic E-state index is 0.00607. The van der Waals surface area contributed by atoms with Crippen LogP contribution in [0.2, 0.25) is 0 Å². The summed E-state index contributed by atoms with van der Waals surface area (Å²) in [7, 11) is 0. The van der Waals surface area contributed by atoms with Crippen molar-refractivity contribution < 1.29 is 9.59 Å². The van der Waals surface area contributed by atoms with Crippen LogP contribution >= 0.6 is 0 Å². The molecule has 136 valence electrons. The molecule has 1 aromatic rings. The molecule has 2 saturated heterocycles. The summed E-state index contributed by atoms with van der Waals surface area (Å²) in [6.45, 7) is 7.34. The lowest BCUT2D eigenvalue weighted by atomic mass is 9.95. The summed E-state index contributed by atoms with van der Waals surface area (Å²) in [5.41, 5.74) is 1.07. The summed E-state index contributed by atoms with van der Waals surface area (Å²) < 4.78 is 0. The Kier molecular flexibility index (Phi) is 5.68. The number of hydrogen-bond acceptors (Lipinski definition) is 4. The highest BCUT2D eigenvalue weighted by molar-refractivity contribution is 5.91. The van der Waals surface area contributed by atoms with Gasteiger partial charge in [0.25, 0.3) is 0 Å². The molecule has 6 heteroatoms. The van der Waals surface area contributed by atoms with Gasteiger partial charge in [-0.05, 0) is 64.3 Å². The number of carbonyl (C=O) groups excluding carboxylic acids is 2. The molecule has 0 bridgehead atoms. The molecule has 2 amide bonds. The Labute approximate surface area is 149 Å². The number of pyridine rings is 1. The molecule has 3 rings (SSSR count). The van der Waals surface area contributed by atoms with E-state index in [9.17, 15) is 9.59 Å². The Morgan fingerprint density at radius 3 is 2.44 bits per heavy atom. The molecule has 0 aliphatic carbocycles. The standard InChI is InChI=1S/C19H28N4O2/c1-14-5-6-17(20-13-14)21-18(24)16-7-11-22(12-8-16)15(2)19(25)23-9-3-4-10-23/h5-6,13,15-16H,3-4,7-12H2,1-2H3,(H,20,21,24). The number of nitrogens with one attached hydrogen (secondary N) is 1. The first-order chi connectivity index (χ1) is 12.0. The van der Waals surface area contributed by atoms with E-state index in [1.807, 2.05) is 30.9 Å². The topological polar surface area (TPSA) is 65.5 Å². The molecule has 0 spiro atoms. The first kappa shape index (κ1) is 17.9. The molecular weight excluding hydrogens is 316 g/mol. The average molecular weight is 344 g/mol. The predicted molar refractivity (Wildman–Crippen MR) is 97.2 cm³/mol. The quantitative estimate of drug-likeness (QED) is 0.908. The lowest BCUT2D eigenvalue weighted by Crippen LogP contribution is -2.50. The molecule has 1 aromatic heterocycles. The van der Waals surface area contributed by atoms with Crippen LogP contribution < -0.4 is 5.32 Å². The molecular formula is C19H28N4O2. The lowest BCUT2D eigenvalue weighted by molar-refractivity contribution is -0.136. The molecule has 3 heterocycles. The largest absolute Gasteiger partial charge is 0.341 e. The Morgan fingerprint density at radius 1 is 1.16 bits per heavy atom. The lowest BCUT2D eigenvalue weighted by Gasteiger charge is -2.36. The number of likely N-dealkylation sites (tertiary alicyclic amines) is 2. The third-order valence-electron chi connectivity index (χ3n) is 5.39. The van der Waals surface area contributed by atoms with E-state index >= 15 is 0 Å². The smallest absolute Gasteiger partial charge is 0.239 e. The van der Waals surface area contributed by atoms with Gasteiger partial charge in [0.1, 0.15) is 5.82 Å². The highest BCUT2D eigenvalue weighted by Crippen LogP contribution is 2.22. The fourth-order valence-electron chi connectivity index (χ4n) is 3.68. The summed E-state index contributed by atoms with van der Waals surface area (Å²) >= 11 is 0. The fraction of sp³-hybridized carbons (Fsp3) is 0.632. The van der Waals surface area contributed by atoms with Crippen LogP contribution in [-0.4, -0.2) is 58.8 Å². The number of piperidine rings is 1. The van der Waals surface area contributed by atoms with Crippen LogP contribution in [0.15, 0.2) is 18.3 Å². The summed E-state index contributed by atoms with van der Waals surface area (Å²) in [6.07, 6.45) is 5.57. The first-order valence-corrected chi connectivity index (χ1v) is 9.31. The summed E-state index contributed by atoms with van der Waals surface area (Å²) in [5, 5.41) is 2.91. The van der Waals surface area contributed by atoms with Gasteiger partial charge in [-0.1, -0.05) is 6.07 Å². The van der Waals surface area contributed by atoms with Crippen molar-refractivity contribution in [1.29, 1.82) is 0 Å². The highest BCUT2D eigenvalue weighted by Gasteiger charge is 2.32. The van der Waals surface area contributed by atoms with E-state index in [2.05, 4.69) is 15.2 Å². The summed E-state index contributed by atoms with van der Waals surface area (Å²) in [4.78, 5) is 33.4. The number of anilines is 1. The van der Waals surface area contributed by atoms with Crippen LogP contribution in [0, 0.1) is 12.8 Å². The van der Waals surface area contributed by atoms with Gasteiger partial charge in [0.2, 0.25) is 11.8 Å². The Balaban J connectivity index is 1.48. The van der Waals surface area contributed by atoms with Crippen LogP contribution in [0.3, 0.4) is 0 Å². The van der Waals surface area contributed by atoms with Crippen LogP contribution in [0.5, 0.6) is 0 Å². The van der Waals surface area contributed by atoms with Crippen molar-refractivity contribution in [2.75, 3.05) is 31.5 Å². The van der Waals surface area contributed by atoms with Gasteiger partial charge in [0.15, 0.2) is 0 Å². The number of carbonyl (C=O) groups is 2. The zero-order valence-corrected chi connectivity index (χ0v) is 15.2. The molecule has 0 saturated carbocycles. The van der Waals surface area contributed by atoms with E-state index in [1.54, 1.807) is 6.20 Å². The zero-order valence-electron chi connectivity index (χ0n) is 15.2. The number of amides is 2. The number of aryl methyl sites for hydroxylation is 1. The van der Waals surface area contributed by atoms with Crippen molar-refractivity contribution in [3.05, 3.63) is 23.9 Å². The normalized spacial score (nSPS) is 20.5. The van der Waals surface area contributed by atoms with Crippen molar-refractivity contribution in [3.8, 4) is 0 Å². The third-order valence-corrected chi connectivity index (χ3v) is 5.39. The zero-order chi connectivity index (χ0) is 17.8. The molecule has 2 aliphatic heterocycles. The van der Waals surface area contributed by atoms with Crippen LogP contribution in [-0.2, 0) is 9.59 Å². The van der Waals surface area contributed by atoms with E-state index in [0.29, 0.717) is 5.82 Å². The maximum absolute atomic E-state index is 12.5. The van der Waals surface area contributed by atoms with E-state index in [1.165, 1.54) is 0 Å². The molecule has 0 aromatic carbocycles. The van der Waals surface area contributed by atoms with Crippen molar-refractivity contribution in [1.82, 2.24) is 14.8 Å². The second kappa shape index (κ2) is 7.95. The van der Waals surface area contributed by atoms with Gasteiger partial charge >= 0.3 is 0 Å². The van der Waals surface area contributed by atoms with Crippen LogP contribution in [0.4, 0.5) is 5.82 Å². The van der Waals surface area contributed by atoms with Crippen LogP contribution in [0.1, 0.15) is 38.2 Å². The second-order valence-electron chi connectivity index (χ2n) is 7.23. The van der Waals surface area contributed by atoms with E-state index < -0.39 is 0 Å². The highest BCUT2D eigenvalue weighted by atomic mass is 16.2. The van der Waals surface area contributed by atoms with Gasteiger partial charge < -0.3 is 10.2 Å². The van der Waals surface area contributed by atoms with Gasteiger partial charge in [-0.15, -0.1) is 0 Å². The fourth-order valence-corrected chi connectivity index (χ4v) is 3.68. The Morgan fingerprint density at radius 2 is 1.84 bits per heavy atom. The van der Waals surface area contributed by atoms with Crippen molar-refractivity contribution in [2.24, 2.45) is 5.92 Å². The van der Waals surface area contributed by atoms with Crippen molar-refractivity contribution in [2.45, 2.75) is 45.6 Å². The number of aromatic nitrogens is 1. The Hall–Kier alpha value is -1.95. The number of hydrogen-bond donors (Lipinski definition) is 1. The molecule has 1 N–H and O–H groups in total. The first-order valence-electron chi connectivity index (χ1n) is 9.31. The predicted octanol–water partition coefficient (Wildman–Crippen LogP) is 2.05. The number of nitrogens with zero attached hydrogens (tertiary/aromatic N) is 3.